The molecule has 0 radical (unpaired) electrons. The van der Waals surface area contributed by atoms with Gasteiger partial charge in [0, 0.05) is 19.4 Å². The van der Waals surface area contributed by atoms with Crippen LogP contribution in [0.25, 0.3) is 0 Å². The van der Waals surface area contributed by atoms with E-state index in [1.54, 1.807) is 39.0 Å². The summed E-state index contributed by atoms with van der Waals surface area (Å²) in [6.07, 6.45) is -0.284. The van der Waals surface area contributed by atoms with Gasteiger partial charge in [-0.2, -0.15) is 0 Å². The predicted octanol–water partition coefficient (Wildman–Crippen LogP) is 3.83. The number of rotatable bonds is 5. The Morgan fingerprint density at radius 2 is 1.74 bits per heavy atom. The third kappa shape index (κ3) is 4.95. The fraction of sp³-hybridized carbons (Fsp3) is 0.385. The molecule has 1 unspecified atom stereocenters. The number of likely N-dealkylation sites (tertiary alicyclic amines) is 1. The summed E-state index contributed by atoms with van der Waals surface area (Å²) in [6, 6.07) is 13.8. The number of nitrogens with zero attached hydrogens (tertiary/aromatic N) is 2. The van der Waals surface area contributed by atoms with Crippen LogP contribution in [0, 0.1) is 0 Å². The van der Waals surface area contributed by atoms with Gasteiger partial charge in [0.25, 0.3) is 11.8 Å². The van der Waals surface area contributed by atoms with Crippen molar-refractivity contribution in [1.82, 2.24) is 9.80 Å². The van der Waals surface area contributed by atoms with E-state index in [1.165, 1.54) is 4.90 Å². The molecule has 2 heterocycles. The van der Waals surface area contributed by atoms with Crippen molar-refractivity contribution in [3.8, 4) is 5.75 Å². The average Bonchev–Trinajstić information content (AvgIpc) is 3.02. The Hall–Kier alpha value is -3.68. The lowest BCUT2D eigenvalue weighted by molar-refractivity contribution is -0.123. The molecule has 0 aromatic heterocycles. The summed E-state index contributed by atoms with van der Waals surface area (Å²) >= 11 is 0. The second-order valence-electron chi connectivity index (χ2n) is 9.49. The van der Waals surface area contributed by atoms with Crippen LogP contribution in [0.2, 0.25) is 0 Å². The number of piperidine rings is 1. The van der Waals surface area contributed by atoms with Crippen LogP contribution in [-0.2, 0) is 16.1 Å². The molecule has 8 nitrogen and oxygen atoms in total. The molecule has 178 valence electrons. The second-order valence-corrected chi connectivity index (χ2v) is 9.49. The lowest BCUT2D eigenvalue weighted by Gasteiger charge is -2.37. The summed E-state index contributed by atoms with van der Waals surface area (Å²) < 4.78 is 11.4. The summed E-state index contributed by atoms with van der Waals surface area (Å²) in [5, 5.41) is 0. The van der Waals surface area contributed by atoms with Gasteiger partial charge < -0.3 is 14.4 Å². The van der Waals surface area contributed by atoms with Crippen molar-refractivity contribution in [3.05, 3.63) is 65.2 Å². The van der Waals surface area contributed by atoms with E-state index < -0.39 is 29.6 Å². The molecule has 2 aliphatic heterocycles. The van der Waals surface area contributed by atoms with Gasteiger partial charge in [-0.05, 0) is 38.5 Å². The van der Waals surface area contributed by atoms with Gasteiger partial charge in [0.2, 0.25) is 0 Å². The van der Waals surface area contributed by atoms with Crippen molar-refractivity contribution in [2.45, 2.75) is 51.9 Å². The van der Waals surface area contributed by atoms with E-state index in [-0.39, 0.29) is 49.4 Å². The molecule has 2 aliphatic rings. The summed E-state index contributed by atoms with van der Waals surface area (Å²) in [4.78, 5) is 53.9. The highest BCUT2D eigenvalue weighted by Gasteiger charge is 2.42. The van der Waals surface area contributed by atoms with Crippen molar-refractivity contribution in [3.63, 3.8) is 0 Å². The van der Waals surface area contributed by atoms with Crippen molar-refractivity contribution in [2.75, 3.05) is 13.1 Å². The van der Waals surface area contributed by atoms with Gasteiger partial charge in [-0.15, -0.1) is 0 Å². The maximum Gasteiger partial charge on any atom is 0.410 e. The summed E-state index contributed by atoms with van der Waals surface area (Å²) in [5.74, 6) is -0.655. The first-order valence-electron chi connectivity index (χ1n) is 11.3. The molecule has 34 heavy (non-hydrogen) atoms. The van der Waals surface area contributed by atoms with Crippen LogP contribution in [0.5, 0.6) is 5.75 Å². The minimum atomic E-state index is -0.705. The Balaban J connectivity index is 1.53. The molecule has 0 spiro atoms. The molecule has 0 aliphatic carbocycles. The normalized spacial score (nSPS) is 18.2. The number of ether oxygens (including phenoxy) is 2. The third-order valence-electron chi connectivity index (χ3n) is 5.75. The van der Waals surface area contributed by atoms with Crippen LogP contribution in [0.1, 0.15) is 59.9 Å². The molecular weight excluding hydrogens is 436 g/mol. The number of hydrogen-bond acceptors (Lipinski definition) is 6. The van der Waals surface area contributed by atoms with Crippen LogP contribution in [0.15, 0.2) is 48.5 Å². The SMILES string of the molecule is CC(C)(C)OC(=O)N1CCC(=O)CC1CN1C(=O)c2cccc(OCc3ccccc3)c2C1=O. The minimum Gasteiger partial charge on any atom is -0.488 e. The van der Waals surface area contributed by atoms with Crippen LogP contribution in [0.3, 0.4) is 0 Å². The molecule has 1 fully saturated rings. The monoisotopic (exact) mass is 464 g/mol. The van der Waals surface area contributed by atoms with Gasteiger partial charge in [0.05, 0.1) is 23.7 Å². The van der Waals surface area contributed by atoms with E-state index in [4.69, 9.17) is 9.47 Å². The molecule has 3 amide bonds. The van der Waals surface area contributed by atoms with E-state index >= 15 is 0 Å². The number of hydrogen-bond donors (Lipinski definition) is 0. The molecule has 2 aromatic rings. The zero-order valence-electron chi connectivity index (χ0n) is 19.6. The molecule has 1 saturated heterocycles. The number of benzene rings is 2. The van der Waals surface area contributed by atoms with Gasteiger partial charge in [0.1, 0.15) is 23.7 Å². The Morgan fingerprint density at radius 1 is 1.00 bits per heavy atom. The largest absolute Gasteiger partial charge is 0.488 e. The number of Topliss-reactive ketones (excluding diaryl/α,β-unsaturated/α-hetero) is 1. The number of imide groups is 1. The number of carbonyl (C=O) groups is 4. The van der Waals surface area contributed by atoms with E-state index in [0.717, 1.165) is 10.5 Å². The Morgan fingerprint density at radius 3 is 2.44 bits per heavy atom. The van der Waals surface area contributed by atoms with Gasteiger partial charge in [-0.25, -0.2) is 4.79 Å². The maximum atomic E-state index is 13.3. The number of carbonyl (C=O) groups excluding carboxylic acids is 4. The second kappa shape index (κ2) is 9.29. The van der Waals surface area contributed by atoms with Gasteiger partial charge in [0.15, 0.2) is 0 Å². The maximum absolute atomic E-state index is 13.3. The number of fused-ring (bicyclic) bond motifs is 1. The Kier molecular flexibility index (Phi) is 6.41. The fourth-order valence-electron chi connectivity index (χ4n) is 4.16. The van der Waals surface area contributed by atoms with Crippen molar-refractivity contribution in [1.29, 1.82) is 0 Å². The minimum absolute atomic E-state index is 0.0201. The first-order chi connectivity index (χ1) is 16.1. The standard InChI is InChI=1S/C26H28N2O6/c1-26(2,3)34-25(32)27-13-12-19(29)14-18(27)15-28-23(30)20-10-7-11-21(22(20)24(28)31)33-16-17-8-5-4-6-9-17/h4-11,18H,12-16H2,1-3H3. The molecule has 0 bridgehead atoms. The third-order valence-corrected chi connectivity index (χ3v) is 5.75. The number of amides is 3. The van der Waals surface area contributed by atoms with Crippen molar-refractivity contribution >= 4 is 23.7 Å². The number of ketones is 1. The fourth-order valence-corrected chi connectivity index (χ4v) is 4.16. The van der Waals surface area contributed by atoms with Crippen LogP contribution >= 0.6 is 0 Å². The molecule has 0 saturated carbocycles. The molecular formula is C26H28N2O6. The molecule has 2 aromatic carbocycles. The summed E-state index contributed by atoms with van der Waals surface area (Å²) in [6.45, 7) is 5.63. The van der Waals surface area contributed by atoms with E-state index in [1.807, 2.05) is 30.3 Å². The summed E-state index contributed by atoms with van der Waals surface area (Å²) in [5.41, 5.74) is 0.683. The highest BCUT2D eigenvalue weighted by molar-refractivity contribution is 6.22. The summed E-state index contributed by atoms with van der Waals surface area (Å²) in [7, 11) is 0. The van der Waals surface area contributed by atoms with Crippen molar-refractivity contribution < 1.29 is 28.7 Å². The van der Waals surface area contributed by atoms with Gasteiger partial charge in [-0.3, -0.25) is 19.3 Å². The molecule has 4 rings (SSSR count). The Labute approximate surface area is 198 Å². The molecule has 0 N–H and O–H groups in total. The zero-order chi connectivity index (χ0) is 24.5. The average molecular weight is 465 g/mol. The quantitative estimate of drug-likeness (QED) is 0.625. The van der Waals surface area contributed by atoms with E-state index in [2.05, 4.69) is 0 Å². The zero-order valence-corrected chi connectivity index (χ0v) is 19.6. The predicted molar refractivity (Wildman–Crippen MR) is 124 cm³/mol. The van der Waals surface area contributed by atoms with Gasteiger partial charge >= 0.3 is 6.09 Å². The smallest absolute Gasteiger partial charge is 0.410 e. The first kappa shape index (κ1) is 23.5. The highest BCUT2D eigenvalue weighted by atomic mass is 16.6. The first-order valence-corrected chi connectivity index (χ1v) is 11.3. The van der Waals surface area contributed by atoms with Crippen LogP contribution < -0.4 is 4.74 Å². The van der Waals surface area contributed by atoms with Crippen LogP contribution in [0.4, 0.5) is 4.79 Å². The van der Waals surface area contributed by atoms with Crippen LogP contribution in [-0.4, -0.2) is 58.2 Å². The lowest BCUT2D eigenvalue weighted by atomic mass is 10.0. The van der Waals surface area contributed by atoms with Gasteiger partial charge in [-0.1, -0.05) is 36.4 Å². The lowest BCUT2D eigenvalue weighted by Crippen LogP contribution is -2.53. The van der Waals surface area contributed by atoms with E-state index in [9.17, 15) is 19.2 Å². The Bertz CT molecular complexity index is 1120. The molecule has 8 heteroatoms. The van der Waals surface area contributed by atoms with Crippen molar-refractivity contribution in [2.24, 2.45) is 0 Å². The molecule has 1 atom stereocenters. The van der Waals surface area contributed by atoms with E-state index in [0.29, 0.717) is 5.75 Å². The highest BCUT2D eigenvalue weighted by Crippen LogP contribution is 2.32. The topological polar surface area (TPSA) is 93.2 Å².